The van der Waals surface area contributed by atoms with Crippen molar-refractivity contribution in [3.8, 4) is 5.69 Å². The van der Waals surface area contributed by atoms with E-state index in [1.807, 2.05) is 0 Å². The van der Waals surface area contributed by atoms with Gasteiger partial charge in [-0.1, -0.05) is 0 Å². The molecule has 0 aliphatic carbocycles. The molecule has 3 amide bonds. The third-order valence-electron chi connectivity index (χ3n) is 4.50. The van der Waals surface area contributed by atoms with Gasteiger partial charge in [0.2, 0.25) is 5.76 Å². The molecule has 0 bridgehead atoms. The Hall–Kier alpha value is -4.14. The van der Waals surface area contributed by atoms with Crippen molar-refractivity contribution in [2.24, 2.45) is 0 Å². The van der Waals surface area contributed by atoms with Gasteiger partial charge in [0.05, 0.1) is 13.7 Å². The van der Waals surface area contributed by atoms with E-state index in [1.165, 1.54) is 37.5 Å². The highest BCUT2D eigenvalue weighted by Gasteiger charge is 2.34. The Bertz CT molecular complexity index is 1160. The molecule has 1 aliphatic heterocycles. The molecule has 4 rings (SSSR count). The van der Waals surface area contributed by atoms with E-state index >= 15 is 0 Å². The number of nitrogens with zero attached hydrogens (tertiary/aromatic N) is 2. The van der Waals surface area contributed by atoms with E-state index in [0.29, 0.717) is 11.4 Å². The molecule has 0 spiro atoms. The Morgan fingerprint density at radius 3 is 2.67 bits per heavy atom. The Morgan fingerprint density at radius 2 is 1.93 bits per heavy atom. The minimum Gasteiger partial charge on any atom is -0.463 e. The molecule has 1 N–H and O–H groups in total. The van der Waals surface area contributed by atoms with Crippen LogP contribution in [-0.4, -0.2) is 34.5 Å². The number of nitrogens with one attached hydrogen (secondary N) is 1. The molecule has 0 atom stereocenters. The first-order chi connectivity index (χ1) is 14.5. The van der Waals surface area contributed by atoms with Gasteiger partial charge in [-0.3, -0.25) is 9.69 Å². The second kappa shape index (κ2) is 7.70. The molecule has 1 aromatic carbocycles. The van der Waals surface area contributed by atoms with Crippen molar-refractivity contribution in [3.63, 3.8) is 0 Å². The highest BCUT2D eigenvalue weighted by atomic mass is 19.1. The molecule has 0 radical (unpaired) electrons. The number of ether oxygens (including phenoxy) is 1. The van der Waals surface area contributed by atoms with E-state index in [2.05, 4.69) is 10.1 Å². The van der Waals surface area contributed by atoms with E-state index in [0.717, 1.165) is 4.90 Å². The number of benzene rings is 1. The van der Waals surface area contributed by atoms with Crippen LogP contribution in [0.4, 0.5) is 9.18 Å². The van der Waals surface area contributed by atoms with Crippen LogP contribution in [0.1, 0.15) is 22.0 Å². The summed E-state index contributed by atoms with van der Waals surface area (Å²) in [5.41, 5.74) is 1.41. The van der Waals surface area contributed by atoms with E-state index in [9.17, 15) is 18.8 Å². The Kier molecular flexibility index (Phi) is 4.93. The van der Waals surface area contributed by atoms with Crippen molar-refractivity contribution in [3.05, 3.63) is 83.5 Å². The quantitative estimate of drug-likeness (QED) is 0.397. The van der Waals surface area contributed by atoms with Crippen LogP contribution in [0.5, 0.6) is 0 Å². The average Bonchev–Trinajstić information content (AvgIpc) is 3.45. The normalized spacial score (nSPS) is 15.0. The average molecular weight is 409 g/mol. The number of hydrogen-bond acceptors (Lipinski definition) is 5. The molecule has 0 unspecified atom stereocenters. The predicted molar refractivity (Wildman–Crippen MR) is 103 cm³/mol. The maximum Gasteiger partial charge on any atom is 0.373 e. The van der Waals surface area contributed by atoms with Gasteiger partial charge < -0.3 is 19.0 Å². The van der Waals surface area contributed by atoms with Gasteiger partial charge in [0.15, 0.2) is 0 Å². The first kappa shape index (κ1) is 19.2. The number of amides is 3. The van der Waals surface area contributed by atoms with Crippen LogP contribution in [-0.2, 0) is 16.1 Å². The lowest BCUT2D eigenvalue weighted by Gasteiger charge is -2.09. The number of esters is 1. The summed E-state index contributed by atoms with van der Waals surface area (Å²) in [7, 11) is 1.22. The van der Waals surface area contributed by atoms with Crippen LogP contribution in [0, 0.1) is 5.82 Å². The SMILES string of the molecule is COC(=O)c1ccc(CN2C(=O)N/C(=C\c3cccn3-c3ccc(F)cc3)C2=O)o1. The zero-order valence-corrected chi connectivity index (χ0v) is 15.8. The smallest absolute Gasteiger partial charge is 0.373 e. The molecule has 30 heavy (non-hydrogen) atoms. The topological polar surface area (TPSA) is 93.8 Å². The number of urea groups is 1. The standard InChI is InChI=1S/C21H16FN3O5/c1-29-20(27)18-9-8-16(30-18)12-25-19(26)17(23-21(25)28)11-15-3-2-10-24(15)14-6-4-13(22)5-7-14/h2-11H,12H2,1H3,(H,23,28)/b17-11-. The summed E-state index contributed by atoms with van der Waals surface area (Å²) >= 11 is 0. The van der Waals surface area contributed by atoms with E-state index in [1.54, 1.807) is 35.0 Å². The van der Waals surface area contributed by atoms with Crippen LogP contribution in [0.25, 0.3) is 11.8 Å². The van der Waals surface area contributed by atoms with Gasteiger partial charge in [-0.2, -0.15) is 0 Å². The first-order valence-electron chi connectivity index (χ1n) is 8.91. The predicted octanol–water partition coefficient (Wildman–Crippen LogP) is 3.09. The van der Waals surface area contributed by atoms with Crippen LogP contribution >= 0.6 is 0 Å². The molecule has 3 aromatic rings. The summed E-state index contributed by atoms with van der Waals surface area (Å²) in [5.74, 6) is -1.31. The maximum absolute atomic E-state index is 13.2. The van der Waals surface area contributed by atoms with Gasteiger partial charge in [0, 0.05) is 17.6 Å². The van der Waals surface area contributed by atoms with E-state index in [-0.39, 0.29) is 29.6 Å². The van der Waals surface area contributed by atoms with Crippen LogP contribution < -0.4 is 5.32 Å². The van der Waals surface area contributed by atoms with Crippen molar-refractivity contribution in [2.45, 2.75) is 6.54 Å². The lowest BCUT2D eigenvalue weighted by Crippen LogP contribution is -2.30. The van der Waals surface area contributed by atoms with Crippen molar-refractivity contribution >= 4 is 24.0 Å². The monoisotopic (exact) mass is 409 g/mol. The van der Waals surface area contributed by atoms with Crippen molar-refractivity contribution < 1.29 is 27.9 Å². The van der Waals surface area contributed by atoms with Gasteiger partial charge in [-0.15, -0.1) is 0 Å². The van der Waals surface area contributed by atoms with E-state index in [4.69, 9.17) is 4.42 Å². The second-order valence-corrected chi connectivity index (χ2v) is 6.42. The fourth-order valence-corrected chi connectivity index (χ4v) is 3.04. The summed E-state index contributed by atoms with van der Waals surface area (Å²) < 4.78 is 24.8. The largest absolute Gasteiger partial charge is 0.463 e. The summed E-state index contributed by atoms with van der Waals surface area (Å²) in [6, 6.07) is 11.7. The van der Waals surface area contributed by atoms with Crippen LogP contribution in [0.15, 0.2) is 64.8 Å². The molecule has 152 valence electrons. The highest BCUT2D eigenvalue weighted by Crippen LogP contribution is 2.21. The Labute approximate surface area is 170 Å². The number of imide groups is 1. The number of furan rings is 1. The molecule has 8 nitrogen and oxygen atoms in total. The molecule has 9 heteroatoms. The third-order valence-corrected chi connectivity index (χ3v) is 4.50. The Balaban J connectivity index is 1.55. The fraction of sp³-hybridized carbons (Fsp3) is 0.0952. The number of halogens is 1. The van der Waals surface area contributed by atoms with Gasteiger partial charge in [-0.05, 0) is 54.6 Å². The molecule has 1 aliphatic rings. The summed E-state index contributed by atoms with van der Waals surface area (Å²) in [6.07, 6.45) is 3.29. The van der Waals surface area contributed by atoms with Gasteiger partial charge in [0.25, 0.3) is 5.91 Å². The van der Waals surface area contributed by atoms with Crippen LogP contribution in [0.2, 0.25) is 0 Å². The lowest BCUT2D eigenvalue weighted by molar-refractivity contribution is -0.123. The number of methoxy groups -OCH3 is 1. The summed E-state index contributed by atoms with van der Waals surface area (Å²) in [5, 5.41) is 2.53. The summed E-state index contributed by atoms with van der Waals surface area (Å²) in [6.45, 7) is -0.141. The second-order valence-electron chi connectivity index (χ2n) is 6.42. The van der Waals surface area contributed by atoms with Crippen LogP contribution in [0.3, 0.4) is 0 Å². The minimum absolute atomic E-state index is 0.0209. The minimum atomic E-state index is -0.652. The number of carbonyl (C=O) groups excluding carboxylic acids is 3. The lowest BCUT2D eigenvalue weighted by atomic mass is 10.2. The Morgan fingerprint density at radius 1 is 1.17 bits per heavy atom. The molecule has 0 saturated carbocycles. The van der Waals surface area contributed by atoms with Gasteiger partial charge in [-0.25, -0.2) is 14.0 Å². The third kappa shape index (κ3) is 3.60. The van der Waals surface area contributed by atoms with E-state index < -0.39 is 17.9 Å². The molecule has 2 aromatic heterocycles. The van der Waals surface area contributed by atoms with Gasteiger partial charge in [0.1, 0.15) is 17.3 Å². The molecule has 1 saturated heterocycles. The molecular formula is C21H16FN3O5. The molecule has 3 heterocycles. The number of aromatic nitrogens is 1. The zero-order chi connectivity index (χ0) is 21.3. The van der Waals surface area contributed by atoms with Gasteiger partial charge >= 0.3 is 12.0 Å². The van der Waals surface area contributed by atoms with Crippen molar-refractivity contribution in [2.75, 3.05) is 7.11 Å². The maximum atomic E-state index is 13.2. The molecular weight excluding hydrogens is 393 g/mol. The van der Waals surface area contributed by atoms with Crippen molar-refractivity contribution in [1.82, 2.24) is 14.8 Å². The number of carbonyl (C=O) groups is 3. The molecule has 1 fully saturated rings. The fourth-order valence-electron chi connectivity index (χ4n) is 3.04. The zero-order valence-electron chi connectivity index (χ0n) is 15.8. The highest BCUT2D eigenvalue weighted by molar-refractivity contribution is 6.13. The number of hydrogen-bond donors (Lipinski definition) is 1. The van der Waals surface area contributed by atoms with Crippen molar-refractivity contribution in [1.29, 1.82) is 0 Å². The summed E-state index contributed by atoms with van der Waals surface area (Å²) in [4.78, 5) is 37.5. The number of rotatable bonds is 5. The first-order valence-corrected chi connectivity index (χ1v) is 8.91.